The summed E-state index contributed by atoms with van der Waals surface area (Å²) in [7, 11) is 0. The van der Waals surface area contributed by atoms with Gasteiger partial charge in [-0.2, -0.15) is 0 Å². The molecule has 1 saturated heterocycles. The first-order valence-electron chi connectivity index (χ1n) is 5.84. The van der Waals surface area contributed by atoms with E-state index in [9.17, 15) is 14.9 Å². The van der Waals surface area contributed by atoms with Gasteiger partial charge in [-0.15, -0.1) is 0 Å². The fourth-order valence-corrected chi connectivity index (χ4v) is 2.02. The third kappa shape index (κ3) is 2.65. The number of carbonyl (C=O) groups excluding carboxylic acids is 1. The molecule has 2 N–H and O–H groups in total. The third-order valence-corrected chi connectivity index (χ3v) is 3.04. The molecule has 1 aliphatic heterocycles. The number of amides is 1. The lowest BCUT2D eigenvalue weighted by Gasteiger charge is -2.10. The Morgan fingerprint density at radius 1 is 1.56 bits per heavy atom. The molecule has 18 heavy (non-hydrogen) atoms. The van der Waals surface area contributed by atoms with Gasteiger partial charge in [0.25, 0.3) is 5.69 Å². The molecule has 1 unspecified atom stereocenters. The Balaban J connectivity index is 2.19. The first kappa shape index (κ1) is 12.5. The maximum Gasteiger partial charge on any atom is 0.292 e. The van der Waals surface area contributed by atoms with E-state index in [2.05, 4.69) is 10.6 Å². The molecule has 6 nitrogen and oxygen atoms in total. The van der Waals surface area contributed by atoms with Crippen LogP contribution < -0.4 is 10.6 Å². The molecule has 1 fully saturated rings. The minimum atomic E-state index is -0.484. The van der Waals surface area contributed by atoms with Crippen LogP contribution in [0.3, 0.4) is 0 Å². The molecule has 0 bridgehead atoms. The van der Waals surface area contributed by atoms with E-state index in [-0.39, 0.29) is 23.2 Å². The fourth-order valence-electron chi connectivity index (χ4n) is 2.02. The van der Waals surface area contributed by atoms with Gasteiger partial charge < -0.3 is 10.6 Å². The van der Waals surface area contributed by atoms with Gasteiger partial charge in [0.05, 0.1) is 10.8 Å². The minimum Gasteiger partial charge on any atom is -0.320 e. The van der Waals surface area contributed by atoms with Crippen molar-refractivity contribution in [1.29, 1.82) is 0 Å². The predicted octanol–water partition coefficient (Wildman–Crippen LogP) is 1.45. The van der Waals surface area contributed by atoms with Crippen LogP contribution in [0.25, 0.3) is 0 Å². The van der Waals surface area contributed by atoms with Crippen LogP contribution in [0, 0.1) is 23.0 Å². The molecule has 2 rings (SSSR count). The van der Waals surface area contributed by atoms with E-state index in [0.717, 1.165) is 18.5 Å². The number of anilines is 1. The molecule has 0 aromatic heterocycles. The quantitative estimate of drug-likeness (QED) is 0.627. The summed E-state index contributed by atoms with van der Waals surface area (Å²) in [4.78, 5) is 22.3. The number of hydrogen-bond donors (Lipinski definition) is 2. The monoisotopic (exact) mass is 249 g/mol. The normalized spacial score (nSPS) is 18.6. The molecule has 0 spiro atoms. The van der Waals surface area contributed by atoms with Crippen molar-refractivity contribution in [3.63, 3.8) is 0 Å². The van der Waals surface area contributed by atoms with Crippen molar-refractivity contribution in [2.24, 2.45) is 5.92 Å². The molecule has 1 amide bonds. The average molecular weight is 249 g/mol. The highest BCUT2D eigenvalue weighted by molar-refractivity contribution is 5.95. The maximum atomic E-state index is 11.9. The highest BCUT2D eigenvalue weighted by atomic mass is 16.6. The van der Waals surface area contributed by atoms with Crippen molar-refractivity contribution < 1.29 is 9.72 Å². The van der Waals surface area contributed by atoms with E-state index in [4.69, 9.17) is 0 Å². The van der Waals surface area contributed by atoms with E-state index in [1.807, 2.05) is 6.92 Å². The zero-order chi connectivity index (χ0) is 13.1. The van der Waals surface area contributed by atoms with Crippen molar-refractivity contribution >= 4 is 17.3 Å². The molecule has 0 saturated carbocycles. The maximum absolute atomic E-state index is 11.9. The summed E-state index contributed by atoms with van der Waals surface area (Å²) in [5.41, 5.74) is 1.08. The number of nitrogens with zero attached hydrogens (tertiary/aromatic N) is 1. The van der Waals surface area contributed by atoms with Crippen LogP contribution in [-0.2, 0) is 4.79 Å². The van der Waals surface area contributed by atoms with Gasteiger partial charge in [0.2, 0.25) is 5.91 Å². The Labute approximate surface area is 105 Å². The molecule has 6 heteroatoms. The molecule has 0 aliphatic carbocycles. The van der Waals surface area contributed by atoms with Crippen LogP contribution >= 0.6 is 0 Å². The van der Waals surface area contributed by atoms with Crippen molar-refractivity contribution in [3.8, 4) is 0 Å². The molecule has 96 valence electrons. The van der Waals surface area contributed by atoms with Crippen molar-refractivity contribution in [2.75, 3.05) is 18.4 Å². The Bertz CT molecular complexity index is 481. The van der Waals surface area contributed by atoms with Gasteiger partial charge in [-0.1, -0.05) is 6.07 Å². The summed E-state index contributed by atoms with van der Waals surface area (Å²) < 4.78 is 0. The molecular formula is C12H15N3O3. The molecule has 1 heterocycles. The highest BCUT2D eigenvalue weighted by Crippen LogP contribution is 2.26. The number of nitro benzene ring substituents is 1. The molecule has 0 radical (unpaired) electrons. The summed E-state index contributed by atoms with van der Waals surface area (Å²) in [5.74, 6) is -0.265. The topological polar surface area (TPSA) is 84.3 Å². The number of rotatable bonds is 3. The van der Waals surface area contributed by atoms with Crippen molar-refractivity contribution in [2.45, 2.75) is 13.3 Å². The summed E-state index contributed by atoms with van der Waals surface area (Å²) in [6.45, 7) is 3.27. The van der Waals surface area contributed by atoms with Gasteiger partial charge >= 0.3 is 0 Å². The fraction of sp³-hybridized carbons (Fsp3) is 0.417. The summed E-state index contributed by atoms with van der Waals surface area (Å²) >= 11 is 0. The first-order chi connectivity index (χ1) is 8.58. The van der Waals surface area contributed by atoms with Crippen LogP contribution in [0.4, 0.5) is 11.4 Å². The van der Waals surface area contributed by atoms with Gasteiger partial charge in [-0.05, 0) is 31.5 Å². The van der Waals surface area contributed by atoms with Crippen LogP contribution in [0.1, 0.15) is 12.0 Å². The number of hydrogen-bond acceptors (Lipinski definition) is 4. The second-order valence-electron chi connectivity index (χ2n) is 4.46. The number of nitrogens with one attached hydrogen (secondary N) is 2. The Kier molecular flexibility index (Phi) is 3.57. The molecule has 1 aromatic carbocycles. The van der Waals surface area contributed by atoms with E-state index in [1.54, 1.807) is 12.1 Å². The Morgan fingerprint density at radius 2 is 2.33 bits per heavy atom. The van der Waals surface area contributed by atoms with Gasteiger partial charge in [0, 0.05) is 12.6 Å². The number of nitro groups is 1. The van der Waals surface area contributed by atoms with Gasteiger partial charge in [0.15, 0.2) is 0 Å². The van der Waals surface area contributed by atoms with Crippen LogP contribution in [-0.4, -0.2) is 23.9 Å². The number of aryl methyl sites for hydroxylation is 1. The minimum absolute atomic E-state index is 0.0695. The Morgan fingerprint density at radius 3 is 2.94 bits per heavy atom. The molecular weight excluding hydrogens is 234 g/mol. The van der Waals surface area contributed by atoms with E-state index in [0.29, 0.717) is 6.54 Å². The Hall–Kier alpha value is -1.95. The smallest absolute Gasteiger partial charge is 0.292 e. The van der Waals surface area contributed by atoms with Crippen molar-refractivity contribution in [1.82, 2.24) is 5.32 Å². The van der Waals surface area contributed by atoms with E-state index >= 15 is 0 Å². The first-order valence-corrected chi connectivity index (χ1v) is 5.84. The summed E-state index contributed by atoms with van der Waals surface area (Å²) in [5, 5.41) is 16.6. The standard InChI is InChI=1S/C12H15N3O3/c1-8-2-3-11(15(17)18)10(6-8)14-12(16)9-4-5-13-7-9/h2-3,6,9,13H,4-5,7H2,1H3,(H,14,16). The number of benzene rings is 1. The largest absolute Gasteiger partial charge is 0.320 e. The van der Waals surface area contributed by atoms with E-state index < -0.39 is 4.92 Å². The van der Waals surface area contributed by atoms with Gasteiger partial charge in [-0.3, -0.25) is 14.9 Å². The van der Waals surface area contributed by atoms with E-state index in [1.165, 1.54) is 6.07 Å². The second-order valence-corrected chi connectivity index (χ2v) is 4.46. The SMILES string of the molecule is Cc1ccc([N+](=O)[O-])c(NC(=O)C2CCNC2)c1. The van der Waals surface area contributed by atoms with Crippen LogP contribution in [0.2, 0.25) is 0 Å². The molecule has 1 atom stereocenters. The highest BCUT2D eigenvalue weighted by Gasteiger charge is 2.24. The zero-order valence-electron chi connectivity index (χ0n) is 10.1. The van der Waals surface area contributed by atoms with Crippen molar-refractivity contribution in [3.05, 3.63) is 33.9 Å². The zero-order valence-corrected chi connectivity index (χ0v) is 10.1. The second kappa shape index (κ2) is 5.14. The van der Waals surface area contributed by atoms with Gasteiger partial charge in [-0.25, -0.2) is 0 Å². The van der Waals surface area contributed by atoms with Crippen LogP contribution in [0.15, 0.2) is 18.2 Å². The third-order valence-electron chi connectivity index (χ3n) is 3.04. The van der Waals surface area contributed by atoms with Crippen LogP contribution in [0.5, 0.6) is 0 Å². The predicted molar refractivity (Wildman–Crippen MR) is 67.4 cm³/mol. The summed E-state index contributed by atoms with van der Waals surface area (Å²) in [6, 6.07) is 4.70. The number of carbonyl (C=O) groups is 1. The average Bonchev–Trinajstić information content (AvgIpc) is 2.81. The lowest BCUT2D eigenvalue weighted by Crippen LogP contribution is -2.25. The lowest BCUT2D eigenvalue weighted by molar-refractivity contribution is -0.383. The summed E-state index contributed by atoms with van der Waals surface area (Å²) in [6.07, 6.45) is 0.769. The van der Waals surface area contributed by atoms with Gasteiger partial charge in [0.1, 0.15) is 5.69 Å². The lowest BCUT2D eigenvalue weighted by atomic mass is 10.1. The molecule has 1 aromatic rings. The molecule has 1 aliphatic rings.